The van der Waals surface area contributed by atoms with Gasteiger partial charge in [0.2, 0.25) is 10.0 Å². The fourth-order valence-electron chi connectivity index (χ4n) is 2.38. The van der Waals surface area contributed by atoms with Crippen molar-refractivity contribution in [2.45, 2.75) is 44.0 Å². The molecule has 1 saturated heterocycles. The summed E-state index contributed by atoms with van der Waals surface area (Å²) in [5.74, 6) is -1.20. The zero-order valence-corrected chi connectivity index (χ0v) is 14.9. The predicted molar refractivity (Wildman–Crippen MR) is 87.0 cm³/mol. The van der Waals surface area contributed by atoms with E-state index in [4.69, 9.17) is 4.74 Å². The molecule has 2 heterocycles. The van der Waals surface area contributed by atoms with E-state index >= 15 is 0 Å². The van der Waals surface area contributed by atoms with E-state index in [-0.39, 0.29) is 10.6 Å². The van der Waals surface area contributed by atoms with Gasteiger partial charge in [-0.15, -0.1) is 0 Å². The van der Waals surface area contributed by atoms with E-state index in [0.717, 1.165) is 12.8 Å². The van der Waals surface area contributed by atoms with Crippen LogP contribution in [0.2, 0.25) is 0 Å². The number of rotatable bonds is 5. The third-order valence-electron chi connectivity index (χ3n) is 3.43. The first-order valence-electron chi connectivity index (χ1n) is 7.76. The molecule has 2 N–H and O–H groups in total. The lowest BCUT2D eigenvalue weighted by Crippen LogP contribution is -2.42. The Morgan fingerprint density at radius 2 is 1.92 bits per heavy atom. The number of esters is 1. The van der Waals surface area contributed by atoms with Crippen molar-refractivity contribution in [2.75, 3.05) is 19.7 Å². The van der Waals surface area contributed by atoms with Crippen LogP contribution in [0, 0.1) is 0 Å². The molecule has 1 amide bonds. The number of aromatic amines is 1. The number of amides is 1. The van der Waals surface area contributed by atoms with Gasteiger partial charge in [0, 0.05) is 24.8 Å². The maximum Gasteiger partial charge on any atom is 0.355 e. The van der Waals surface area contributed by atoms with Crippen molar-refractivity contribution in [1.82, 2.24) is 14.6 Å². The largest absolute Gasteiger partial charge is 0.451 e. The number of aromatic nitrogens is 1. The first-order valence-corrected chi connectivity index (χ1v) is 9.20. The monoisotopic (exact) mass is 357 g/mol. The number of nitrogens with zero attached hydrogens (tertiary/aromatic N) is 1. The second-order valence-electron chi connectivity index (χ2n) is 6.73. The summed E-state index contributed by atoms with van der Waals surface area (Å²) in [6.07, 6.45) is 2.93. The van der Waals surface area contributed by atoms with Crippen LogP contribution in [-0.2, 0) is 19.6 Å². The van der Waals surface area contributed by atoms with Crippen LogP contribution in [0.15, 0.2) is 17.2 Å². The smallest absolute Gasteiger partial charge is 0.355 e. The zero-order chi connectivity index (χ0) is 18.0. The third-order valence-corrected chi connectivity index (χ3v) is 5.30. The highest BCUT2D eigenvalue weighted by Crippen LogP contribution is 2.21. The Kier molecular flexibility index (Phi) is 5.34. The number of sulfonamides is 1. The molecule has 8 nitrogen and oxygen atoms in total. The molecule has 24 heavy (non-hydrogen) atoms. The van der Waals surface area contributed by atoms with Gasteiger partial charge in [-0.05, 0) is 39.7 Å². The van der Waals surface area contributed by atoms with Gasteiger partial charge in [-0.2, -0.15) is 4.31 Å². The molecule has 1 aromatic rings. The summed E-state index contributed by atoms with van der Waals surface area (Å²) in [5, 5.41) is 2.66. The average molecular weight is 357 g/mol. The molecule has 1 aliphatic heterocycles. The van der Waals surface area contributed by atoms with Gasteiger partial charge in [-0.1, -0.05) is 0 Å². The molecule has 1 aliphatic rings. The lowest BCUT2D eigenvalue weighted by Gasteiger charge is -2.20. The number of hydrogen-bond donors (Lipinski definition) is 2. The van der Waals surface area contributed by atoms with E-state index in [1.807, 2.05) is 20.8 Å². The van der Waals surface area contributed by atoms with Crippen molar-refractivity contribution in [3.63, 3.8) is 0 Å². The van der Waals surface area contributed by atoms with Crippen LogP contribution in [0.3, 0.4) is 0 Å². The van der Waals surface area contributed by atoms with Gasteiger partial charge < -0.3 is 15.0 Å². The molecular formula is C15H23N3O5S. The number of carbonyl (C=O) groups is 2. The van der Waals surface area contributed by atoms with Crippen LogP contribution in [0.5, 0.6) is 0 Å². The predicted octanol–water partition coefficient (Wildman–Crippen LogP) is 0.871. The van der Waals surface area contributed by atoms with Crippen molar-refractivity contribution < 1.29 is 22.7 Å². The lowest BCUT2D eigenvalue weighted by atomic mass is 10.1. The molecular weight excluding hydrogens is 334 g/mol. The van der Waals surface area contributed by atoms with E-state index < -0.39 is 34.0 Å². The minimum Gasteiger partial charge on any atom is -0.451 e. The molecule has 0 atom stereocenters. The summed E-state index contributed by atoms with van der Waals surface area (Å²) in [5.41, 5.74) is -0.427. The van der Waals surface area contributed by atoms with Crippen LogP contribution in [0.4, 0.5) is 0 Å². The quantitative estimate of drug-likeness (QED) is 0.760. The molecule has 0 spiro atoms. The van der Waals surface area contributed by atoms with Crippen LogP contribution in [0.25, 0.3) is 0 Å². The fraction of sp³-hybridized carbons (Fsp3) is 0.600. The molecule has 1 aromatic heterocycles. The third kappa shape index (κ3) is 4.57. The zero-order valence-electron chi connectivity index (χ0n) is 14.1. The van der Waals surface area contributed by atoms with E-state index in [0.29, 0.717) is 13.1 Å². The standard InChI is InChI=1S/C15H23N3O5S/c1-15(2,3)17-13(19)10-23-14(20)12-8-11(9-16-12)24(21,22)18-6-4-5-7-18/h8-9,16H,4-7,10H2,1-3H3,(H,17,19). The van der Waals surface area contributed by atoms with E-state index in [1.54, 1.807) is 0 Å². The van der Waals surface area contributed by atoms with Gasteiger partial charge in [0.15, 0.2) is 6.61 Å². The summed E-state index contributed by atoms with van der Waals surface area (Å²) in [7, 11) is -3.59. The van der Waals surface area contributed by atoms with E-state index in [9.17, 15) is 18.0 Å². The SMILES string of the molecule is CC(C)(C)NC(=O)COC(=O)c1cc(S(=O)(=O)N2CCCC2)c[nH]1. The van der Waals surface area contributed by atoms with Crippen LogP contribution in [-0.4, -0.2) is 54.8 Å². The molecule has 0 bridgehead atoms. The number of hydrogen-bond acceptors (Lipinski definition) is 5. The van der Waals surface area contributed by atoms with Gasteiger partial charge in [0.05, 0.1) is 0 Å². The summed E-state index contributed by atoms with van der Waals surface area (Å²) < 4.78 is 31.1. The van der Waals surface area contributed by atoms with Crippen molar-refractivity contribution in [3.05, 3.63) is 18.0 Å². The van der Waals surface area contributed by atoms with Crippen molar-refractivity contribution in [1.29, 1.82) is 0 Å². The first kappa shape index (κ1) is 18.5. The molecule has 0 aromatic carbocycles. The number of ether oxygens (including phenoxy) is 1. The highest BCUT2D eigenvalue weighted by molar-refractivity contribution is 7.89. The summed E-state index contributed by atoms with van der Waals surface area (Å²) in [6, 6.07) is 1.23. The normalized spacial score (nSPS) is 16.1. The lowest BCUT2D eigenvalue weighted by molar-refractivity contribution is -0.125. The number of carbonyl (C=O) groups excluding carboxylic acids is 2. The molecule has 2 rings (SSSR count). The average Bonchev–Trinajstić information content (AvgIpc) is 3.13. The van der Waals surface area contributed by atoms with Crippen molar-refractivity contribution in [3.8, 4) is 0 Å². The molecule has 0 aliphatic carbocycles. The molecule has 0 unspecified atom stereocenters. The Balaban J connectivity index is 1.97. The Bertz CT molecular complexity index is 712. The van der Waals surface area contributed by atoms with Gasteiger partial charge in [-0.25, -0.2) is 13.2 Å². The van der Waals surface area contributed by atoms with Crippen LogP contribution in [0.1, 0.15) is 44.1 Å². The minimum absolute atomic E-state index is 0.00340. The second kappa shape index (κ2) is 6.94. The molecule has 9 heteroatoms. The Morgan fingerprint density at radius 3 is 2.50 bits per heavy atom. The maximum absolute atomic E-state index is 12.4. The summed E-state index contributed by atoms with van der Waals surface area (Å²) in [6.45, 7) is 5.98. The summed E-state index contributed by atoms with van der Waals surface area (Å²) in [4.78, 5) is 26.2. The van der Waals surface area contributed by atoms with E-state index in [1.165, 1.54) is 16.6 Å². The first-order chi connectivity index (χ1) is 11.1. The summed E-state index contributed by atoms with van der Waals surface area (Å²) >= 11 is 0. The molecule has 0 radical (unpaired) electrons. The van der Waals surface area contributed by atoms with Gasteiger partial charge in [0.25, 0.3) is 5.91 Å². The second-order valence-corrected chi connectivity index (χ2v) is 8.67. The maximum atomic E-state index is 12.4. The Hall–Kier alpha value is -1.87. The fourth-order valence-corrected chi connectivity index (χ4v) is 3.89. The van der Waals surface area contributed by atoms with E-state index in [2.05, 4.69) is 10.3 Å². The van der Waals surface area contributed by atoms with Gasteiger partial charge in [0.1, 0.15) is 10.6 Å². The topological polar surface area (TPSA) is 109 Å². The molecule has 0 saturated carbocycles. The number of H-pyrrole nitrogens is 1. The minimum atomic E-state index is -3.59. The van der Waals surface area contributed by atoms with Crippen molar-refractivity contribution in [2.24, 2.45) is 0 Å². The molecule has 134 valence electrons. The Morgan fingerprint density at radius 1 is 1.29 bits per heavy atom. The Labute approximate surface area is 141 Å². The van der Waals surface area contributed by atoms with Crippen LogP contribution < -0.4 is 5.32 Å². The van der Waals surface area contributed by atoms with Crippen LogP contribution >= 0.6 is 0 Å². The van der Waals surface area contributed by atoms with Crippen molar-refractivity contribution >= 4 is 21.9 Å². The van der Waals surface area contributed by atoms with Gasteiger partial charge in [-0.3, -0.25) is 4.79 Å². The highest BCUT2D eigenvalue weighted by Gasteiger charge is 2.29. The molecule has 1 fully saturated rings. The highest BCUT2D eigenvalue weighted by atomic mass is 32.2. The number of nitrogens with one attached hydrogen (secondary N) is 2. The van der Waals surface area contributed by atoms with Gasteiger partial charge >= 0.3 is 5.97 Å².